The van der Waals surface area contributed by atoms with Gasteiger partial charge in [-0.2, -0.15) is 0 Å². The Labute approximate surface area is 200 Å². The summed E-state index contributed by atoms with van der Waals surface area (Å²) in [4.78, 5) is 7.19. The summed E-state index contributed by atoms with van der Waals surface area (Å²) in [7, 11) is 0. The molecule has 0 amide bonds. The van der Waals surface area contributed by atoms with Gasteiger partial charge < -0.3 is 14.8 Å². The maximum Gasteiger partial charge on any atom is 0.170 e. The summed E-state index contributed by atoms with van der Waals surface area (Å²) < 4.78 is 2.32. The molecule has 3 aromatic rings. The van der Waals surface area contributed by atoms with Gasteiger partial charge in [-0.15, -0.1) is 0 Å². The normalized spacial score (nSPS) is 21.7. The molecule has 2 atom stereocenters. The lowest BCUT2D eigenvalue weighted by atomic mass is 9.90. The largest absolute Gasteiger partial charge is 0.352 e. The number of aryl methyl sites for hydroxylation is 1. The fraction of sp³-hybridized carbons (Fsp3) is 0.385. The molecule has 0 spiro atoms. The third kappa shape index (κ3) is 3.82. The van der Waals surface area contributed by atoms with Gasteiger partial charge in [-0.25, -0.2) is 0 Å². The van der Waals surface area contributed by atoms with Crippen molar-refractivity contribution in [3.8, 4) is 5.69 Å². The van der Waals surface area contributed by atoms with Crippen molar-refractivity contribution in [3.05, 3.63) is 82.4 Å². The summed E-state index contributed by atoms with van der Waals surface area (Å²) in [6, 6.07) is 17.2. The van der Waals surface area contributed by atoms with E-state index in [-0.39, 0.29) is 12.1 Å². The van der Waals surface area contributed by atoms with Gasteiger partial charge in [0.2, 0.25) is 0 Å². The Bertz CT molecular complexity index is 1100. The van der Waals surface area contributed by atoms with Gasteiger partial charge in [0.05, 0.1) is 17.8 Å². The minimum absolute atomic E-state index is 0.0322. The van der Waals surface area contributed by atoms with Crippen LogP contribution in [0.2, 0.25) is 5.02 Å². The second-order valence-electron chi connectivity index (χ2n) is 8.96. The van der Waals surface area contributed by atoms with E-state index in [1.807, 2.05) is 24.4 Å². The number of nitrogens with zero attached hydrogens (tertiary/aromatic N) is 3. The maximum atomic E-state index is 6.15. The van der Waals surface area contributed by atoms with E-state index < -0.39 is 0 Å². The van der Waals surface area contributed by atoms with Crippen LogP contribution in [0.4, 0.5) is 0 Å². The smallest absolute Gasteiger partial charge is 0.170 e. The number of pyridine rings is 1. The van der Waals surface area contributed by atoms with E-state index in [4.69, 9.17) is 28.8 Å². The van der Waals surface area contributed by atoms with Gasteiger partial charge in [-0.05, 0) is 86.9 Å². The fourth-order valence-electron chi connectivity index (χ4n) is 5.53. The number of benzene rings is 1. The molecule has 1 saturated heterocycles. The number of halogens is 1. The average molecular weight is 465 g/mol. The second kappa shape index (κ2) is 8.87. The fourth-order valence-corrected chi connectivity index (χ4v) is 6.04. The average Bonchev–Trinajstić information content (AvgIpc) is 3.31. The van der Waals surface area contributed by atoms with Crippen molar-refractivity contribution in [3.63, 3.8) is 0 Å². The molecule has 1 aliphatic heterocycles. The molecule has 166 valence electrons. The number of nitrogens with one attached hydrogen (secondary N) is 1. The van der Waals surface area contributed by atoms with E-state index >= 15 is 0 Å². The van der Waals surface area contributed by atoms with Crippen molar-refractivity contribution in [2.75, 3.05) is 0 Å². The zero-order valence-corrected chi connectivity index (χ0v) is 20.2. The number of aromatic nitrogens is 2. The van der Waals surface area contributed by atoms with Crippen LogP contribution in [0.1, 0.15) is 66.8 Å². The van der Waals surface area contributed by atoms with E-state index in [1.165, 1.54) is 49.1 Å². The van der Waals surface area contributed by atoms with Crippen molar-refractivity contribution in [1.29, 1.82) is 0 Å². The lowest BCUT2D eigenvalue weighted by Crippen LogP contribution is -2.40. The summed E-state index contributed by atoms with van der Waals surface area (Å²) in [6.45, 7) is 4.39. The van der Waals surface area contributed by atoms with Crippen LogP contribution < -0.4 is 5.32 Å². The van der Waals surface area contributed by atoms with Crippen LogP contribution in [0.15, 0.2) is 54.7 Å². The molecule has 32 heavy (non-hydrogen) atoms. The zero-order valence-electron chi connectivity index (χ0n) is 18.6. The quantitative estimate of drug-likeness (QED) is 0.450. The number of hydrogen-bond acceptors (Lipinski definition) is 2. The van der Waals surface area contributed by atoms with E-state index in [1.54, 1.807) is 0 Å². The highest BCUT2D eigenvalue weighted by molar-refractivity contribution is 7.80. The van der Waals surface area contributed by atoms with Gasteiger partial charge >= 0.3 is 0 Å². The molecule has 0 radical (unpaired) electrons. The highest BCUT2D eigenvalue weighted by Gasteiger charge is 2.44. The van der Waals surface area contributed by atoms with E-state index in [0.29, 0.717) is 6.04 Å². The molecule has 2 aliphatic rings. The number of thiocarbonyl (C=S) groups is 1. The van der Waals surface area contributed by atoms with Crippen molar-refractivity contribution in [2.24, 2.45) is 0 Å². The molecule has 4 nitrogen and oxygen atoms in total. The summed E-state index contributed by atoms with van der Waals surface area (Å²) >= 11 is 12.1. The molecule has 1 aromatic carbocycles. The van der Waals surface area contributed by atoms with Crippen LogP contribution in [0.5, 0.6) is 0 Å². The first-order chi connectivity index (χ1) is 15.5. The molecule has 5 rings (SSSR count). The lowest BCUT2D eigenvalue weighted by Gasteiger charge is -2.37. The van der Waals surface area contributed by atoms with Gasteiger partial charge in [0.1, 0.15) is 0 Å². The molecule has 2 fully saturated rings. The molecule has 0 unspecified atom stereocenters. The van der Waals surface area contributed by atoms with E-state index in [9.17, 15) is 0 Å². The Hall–Kier alpha value is -2.37. The molecule has 1 aliphatic carbocycles. The third-order valence-corrected chi connectivity index (χ3v) is 7.56. The zero-order chi connectivity index (χ0) is 22.2. The van der Waals surface area contributed by atoms with Crippen LogP contribution in [0, 0.1) is 13.8 Å². The summed E-state index contributed by atoms with van der Waals surface area (Å²) in [5.74, 6) is 0. The second-order valence-corrected chi connectivity index (χ2v) is 9.79. The molecule has 3 heterocycles. The molecule has 1 N–H and O–H groups in total. The predicted molar refractivity (Wildman–Crippen MR) is 134 cm³/mol. The van der Waals surface area contributed by atoms with Crippen molar-refractivity contribution < 1.29 is 0 Å². The molecule has 1 saturated carbocycles. The highest BCUT2D eigenvalue weighted by atomic mass is 35.5. The number of hydrogen-bond donors (Lipinski definition) is 1. The van der Waals surface area contributed by atoms with E-state index in [2.05, 4.69) is 59.0 Å². The molecular formula is C26H29ClN4S. The minimum Gasteiger partial charge on any atom is -0.352 e. The summed E-state index contributed by atoms with van der Waals surface area (Å²) in [6.07, 6.45) is 8.14. The van der Waals surface area contributed by atoms with Gasteiger partial charge in [0, 0.05) is 34.3 Å². The van der Waals surface area contributed by atoms with Crippen LogP contribution in [-0.2, 0) is 0 Å². The molecule has 2 aromatic heterocycles. The molecule has 6 heteroatoms. The lowest BCUT2D eigenvalue weighted by molar-refractivity contribution is 0.197. The summed E-state index contributed by atoms with van der Waals surface area (Å²) in [5, 5.41) is 5.24. The van der Waals surface area contributed by atoms with Crippen LogP contribution >= 0.6 is 23.8 Å². The van der Waals surface area contributed by atoms with Crippen LogP contribution in [-0.4, -0.2) is 25.6 Å². The van der Waals surface area contributed by atoms with E-state index in [0.717, 1.165) is 21.5 Å². The van der Waals surface area contributed by atoms with Gasteiger partial charge in [0.25, 0.3) is 0 Å². The van der Waals surface area contributed by atoms with Crippen LogP contribution in [0.25, 0.3) is 5.69 Å². The predicted octanol–water partition coefficient (Wildman–Crippen LogP) is 6.45. The Morgan fingerprint density at radius 2 is 1.78 bits per heavy atom. The van der Waals surface area contributed by atoms with Crippen molar-refractivity contribution >= 4 is 28.9 Å². The van der Waals surface area contributed by atoms with Gasteiger partial charge in [-0.1, -0.05) is 36.9 Å². The first-order valence-corrected chi connectivity index (χ1v) is 12.3. The van der Waals surface area contributed by atoms with Crippen LogP contribution in [0.3, 0.4) is 0 Å². The Balaban J connectivity index is 1.62. The number of rotatable bonds is 4. The Morgan fingerprint density at radius 1 is 1.03 bits per heavy atom. The summed E-state index contributed by atoms with van der Waals surface area (Å²) in [5.41, 5.74) is 5.92. The standard InChI is InChI=1S/C26H29ClN4S/c1-17-16-22(18(2)30(17)21-13-11-19(27)12-14-21)25-24(23-10-6-7-15-28-23)29-26(32)31(25)20-8-4-3-5-9-20/h6-7,10-16,20,24-25H,3-5,8-9H2,1-2H3,(H,29,32)/t24-,25+/m0/s1. The minimum atomic E-state index is 0.0322. The first kappa shape index (κ1) is 21.5. The van der Waals surface area contributed by atoms with Gasteiger partial charge in [0.15, 0.2) is 5.11 Å². The molecular weight excluding hydrogens is 436 g/mol. The SMILES string of the molecule is Cc1cc([C@@H]2[C@H](c3ccccn3)NC(=S)N2C2CCCCC2)c(C)n1-c1ccc(Cl)cc1. The third-order valence-electron chi connectivity index (χ3n) is 6.98. The van der Waals surface area contributed by atoms with Crippen molar-refractivity contribution in [2.45, 2.75) is 64.1 Å². The van der Waals surface area contributed by atoms with Gasteiger partial charge in [-0.3, -0.25) is 4.98 Å². The molecule has 0 bridgehead atoms. The Morgan fingerprint density at radius 3 is 2.47 bits per heavy atom. The maximum absolute atomic E-state index is 6.15. The topological polar surface area (TPSA) is 33.1 Å². The monoisotopic (exact) mass is 464 g/mol. The highest BCUT2D eigenvalue weighted by Crippen LogP contribution is 2.44. The van der Waals surface area contributed by atoms with Crippen molar-refractivity contribution in [1.82, 2.24) is 19.8 Å². The Kier molecular flexibility index (Phi) is 5.95. The first-order valence-electron chi connectivity index (χ1n) is 11.5.